The Labute approximate surface area is 44.0 Å². The lowest BCUT2D eigenvalue weighted by Crippen LogP contribution is -1.80. The zero-order valence-electron chi connectivity index (χ0n) is 4.26. The van der Waals surface area contributed by atoms with Gasteiger partial charge in [0, 0.05) is 0 Å². The van der Waals surface area contributed by atoms with Crippen LogP contribution in [-0.4, -0.2) is 12.7 Å². The van der Waals surface area contributed by atoms with Crippen LogP contribution in [0.5, 0.6) is 0 Å². The molecular formula is C6H9O. The van der Waals surface area contributed by atoms with Crippen molar-refractivity contribution < 1.29 is 4.74 Å². The molecule has 1 fully saturated rings. The van der Waals surface area contributed by atoms with E-state index in [1.807, 2.05) is 12.5 Å². The molecule has 1 saturated heterocycles. The predicted octanol–water partition coefficient (Wildman–Crippen LogP) is 1.17. The highest BCUT2D eigenvalue weighted by atomic mass is 16.6. The maximum atomic E-state index is 4.93. The molecule has 1 unspecified atom stereocenters. The Bertz CT molecular complexity index is 64.6. The molecule has 0 bridgehead atoms. The fourth-order valence-corrected chi connectivity index (χ4v) is 0.452. The van der Waals surface area contributed by atoms with Crippen LogP contribution in [0.1, 0.15) is 6.42 Å². The van der Waals surface area contributed by atoms with E-state index < -0.39 is 0 Å². The van der Waals surface area contributed by atoms with Gasteiger partial charge < -0.3 is 4.74 Å². The van der Waals surface area contributed by atoms with Crippen LogP contribution >= 0.6 is 0 Å². The van der Waals surface area contributed by atoms with Crippen LogP contribution in [0.15, 0.2) is 12.7 Å². The highest BCUT2D eigenvalue weighted by molar-refractivity contribution is 4.90. The average molecular weight is 97.1 g/mol. The molecule has 0 spiro atoms. The summed E-state index contributed by atoms with van der Waals surface area (Å²) in [5, 5.41) is 0. The number of hydrogen-bond acceptors (Lipinski definition) is 1. The standard InChI is InChI=1S/C6H9O/c1-2-3-4-6-5-7-6/h2-3,6H,1,4-5H2. The van der Waals surface area contributed by atoms with Gasteiger partial charge in [0.2, 0.25) is 0 Å². The van der Waals surface area contributed by atoms with E-state index in [0.717, 1.165) is 13.0 Å². The molecule has 1 atom stereocenters. The van der Waals surface area contributed by atoms with Crippen LogP contribution in [0, 0.1) is 6.42 Å². The van der Waals surface area contributed by atoms with Crippen molar-refractivity contribution in [2.75, 3.05) is 6.61 Å². The van der Waals surface area contributed by atoms with Gasteiger partial charge in [-0.25, -0.2) is 0 Å². The summed E-state index contributed by atoms with van der Waals surface area (Å²) in [7, 11) is 0. The van der Waals surface area contributed by atoms with Gasteiger partial charge in [-0.15, -0.1) is 6.58 Å². The highest BCUT2D eigenvalue weighted by Gasteiger charge is 2.20. The molecule has 0 saturated carbocycles. The number of ether oxygens (including phenoxy) is 1. The van der Waals surface area contributed by atoms with Crippen molar-refractivity contribution in [1.82, 2.24) is 0 Å². The Balaban J connectivity index is 1.88. The molecule has 1 heteroatoms. The minimum Gasteiger partial charge on any atom is -0.373 e. The van der Waals surface area contributed by atoms with Crippen LogP contribution in [0.4, 0.5) is 0 Å². The van der Waals surface area contributed by atoms with Crippen LogP contribution in [-0.2, 0) is 4.74 Å². The first-order valence-electron chi connectivity index (χ1n) is 2.49. The molecule has 0 aliphatic carbocycles. The van der Waals surface area contributed by atoms with E-state index >= 15 is 0 Å². The third-order valence-corrected chi connectivity index (χ3v) is 0.968. The second-order valence-electron chi connectivity index (χ2n) is 1.66. The zero-order chi connectivity index (χ0) is 5.11. The first-order valence-corrected chi connectivity index (χ1v) is 2.49. The molecule has 1 aliphatic rings. The fourth-order valence-electron chi connectivity index (χ4n) is 0.452. The van der Waals surface area contributed by atoms with Crippen LogP contribution < -0.4 is 0 Å². The molecule has 1 radical (unpaired) electrons. The number of hydrogen-bond donors (Lipinski definition) is 0. The van der Waals surface area contributed by atoms with Crippen molar-refractivity contribution in [3.05, 3.63) is 19.1 Å². The Morgan fingerprint density at radius 3 is 3.00 bits per heavy atom. The maximum absolute atomic E-state index is 4.93. The summed E-state index contributed by atoms with van der Waals surface area (Å²) in [4.78, 5) is 0. The molecular weight excluding hydrogens is 88.1 g/mol. The summed E-state index contributed by atoms with van der Waals surface area (Å²) in [5.74, 6) is 0. The predicted molar refractivity (Wildman–Crippen MR) is 28.9 cm³/mol. The molecule has 0 aromatic rings. The van der Waals surface area contributed by atoms with E-state index in [1.165, 1.54) is 0 Å². The van der Waals surface area contributed by atoms with Crippen molar-refractivity contribution in [1.29, 1.82) is 0 Å². The van der Waals surface area contributed by atoms with Gasteiger partial charge in [0.15, 0.2) is 0 Å². The maximum Gasteiger partial charge on any atom is 0.0815 e. The van der Waals surface area contributed by atoms with Gasteiger partial charge in [0.1, 0.15) is 0 Å². The summed E-state index contributed by atoms with van der Waals surface area (Å²) in [6.45, 7) is 4.50. The van der Waals surface area contributed by atoms with E-state index in [4.69, 9.17) is 4.74 Å². The SMILES string of the molecule is C=C[CH]CC1CO1. The first kappa shape index (κ1) is 4.85. The number of epoxide rings is 1. The monoisotopic (exact) mass is 97.1 g/mol. The van der Waals surface area contributed by atoms with Crippen LogP contribution in [0.25, 0.3) is 0 Å². The van der Waals surface area contributed by atoms with Crippen LogP contribution in [0.3, 0.4) is 0 Å². The van der Waals surface area contributed by atoms with Gasteiger partial charge in [-0.2, -0.15) is 0 Å². The van der Waals surface area contributed by atoms with Gasteiger partial charge in [-0.1, -0.05) is 6.08 Å². The molecule has 1 rings (SSSR count). The Morgan fingerprint density at radius 2 is 2.57 bits per heavy atom. The van der Waals surface area contributed by atoms with Gasteiger partial charge in [-0.05, 0) is 12.8 Å². The fraction of sp³-hybridized carbons (Fsp3) is 0.500. The van der Waals surface area contributed by atoms with Crippen LogP contribution in [0.2, 0.25) is 0 Å². The third kappa shape index (κ3) is 1.74. The normalized spacial score (nSPS) is 27.1. The first-order chi connectivity index (χ1) is 3.43. The minimum absolute atomic E-state index is 0.526. The summed E-state index contributed by atoms with van der Waals surface area (Å²) in [6, 6.07) is 0. The van der Waals surface area contributed by atoms with E-state index in [-0.39, 0.29) is 0 Å². The Hall–Kier alpha value is -0.300. The Morgan fingerprint density at radius 1 is 1.86 bits per heavy atom. The van der Waals surface area contributed by atoms with Gasteiger partial charge >= 0.3 is 0 Å². The quantitative estimate of drug-likeness (QED) is 0.481. The molecule has 39 valence electrons. The minimum atomic E-state index is 0.526. The smallest absolute Gasteiger partial charge is 0.0815 e. The van der Waals surface area contributed by atoms with Crippen molar-refractivity contribution in [2.45, 2.75) is 12.5 Å². The lowest BCUT2D eigenvalue weighted by molar-refractivity contribution is 0.407. The summed E-state index contributed by atoms with van der Waals surface area (Å²) in [5.41, 5.74) is 0. The molecule has 0 aromatic heterocycles. The molecule has 0 amide bonds. The Kier molecular flexibility index (Phi) is 1.47. The lowest BCUT2D eigenvalue weighted by atomic mass is 10.2. The summed E-state index contributed by atoms with van der Waals surface area (Å²) in [6.07, 6.45) is 5.40. The second-order valence-corrected chi connectivity index (χ2v) is 1.66. The van der Waals surface area contributed by atoms with Crippen molar-refractivity contribution in [3.63, 3.8) is 0 Å². The van der Waals surface area contributed by atoms with E-state index in [1.54, 1.807) is 0 Å². The summed E-state index contributed by atoms with van der Waals surface area (Å²) >= 11 is 0. The molecule has 1 heterocycles. The zero-order valence-corrected chi connectivity index (χ0v) is 4.26. The summed E-state index contributed by atoms with van der Waals surface area (Å²) < 4.78 is 4.93. The third-order valence-electron chi connectivity index (χ3n) is 0.968. The van der Waals surface area contributed by atoms with E-state index in [9.17, 15) is 0 Å². The highest BCUT2D eigenvalue weighted by Crippen LogP contribution is 2.14. The topological polar surface area (TPSA) is 12.5 Å². The number of allylic oxidation sites excluding steroid dienone is 1. The van der Waals surface area contributed by atoms with Crippen molar-refractivity contribution in [3.8, 4) is 0 Å². The van der Waals surface area contributed by atoms with Crippen molar-refractivity contribution >= 4 is 0 Å². The second kappa shape index (κ2) is 2.12. The molecule has 7 heavy (non-hydrogen) atoms. The van der Waals surface area contributed by atoms with E-state index in [2.05, 4.69) is 6.58 Å². The van der Waals surface area contributed by atoms with E-state index in [0.29, 0.717) is 6.10 Å². The number of rotatable bonds is 3. The van der Waals surface area contributed by atoms with Gasteiger partial charge in [0.25, 0.3) is 0 Å². The van der Waals surface area contributed by atoms with Gasteiger partial charge in [0.05, 0.1) is 12.7 Å². The lowest BCUT2D eigenvalue weighted by Gasteiger charge is -1.81. The molecule has 1 aliphatic heterocycles. The molecule has 1 nitrogen and oxygen atoms in total. The molecule has 0 N–H and O–H groups in total. The van der Waals surface area contributed by atoms with Crippen molar-refractivity contribution in [2.24, 2.45) is 0 Å². The largest absolute Gasteiger partial charge is 0.373 e. The average Bonchev–Trinajstić information content (AvgIpc) is 2.42. The molecule has 0 aromatic carbocycles. The van der Waals surface area contributed by atoms with Gasteiger partial charge in [-0.3, -0.25) is 0 Å².